The molecule has 21 heavy (non-hydrogen) atoms. The Hall–Kier alpha value is -1.52. The average Bonchev–Trinajstić information content (AvgIpc) is 3.16. The van der Waals surface area contributed by atoms with Gasteiger partial charge in [-0.15, -0.1) is 0 Å². The van der Waals surface area contributed by atoms with Gasteiger partial charge in [0.15, 0.2) is 0 Å². The van der Waals surface area contributed by atoms with Crippen LogP contribution >= 0.6 is 0 Å². The van der Waals surface area contributed by atoms with Gasteiger partial charge in [-0.2, -0.15) is 0 Å². The van der Waals surface area contributed by atoms with Crippen molar-refractivity contribution in [3.05, 3.63) is 30.5 Å². The van der Waals surface area contributed by atoms with E-state index in [-0.39, 0.29) is 0 Å². The van der Waals surface area contributed by atoms with E-state index >= 15 is 0 Å². The Morgan fingerprint density at radius 3 is 3.10 bits per heavy atom. The van der Waals surface area contributed by atoms with Gasteiger partial charge in [0.25, 0.3) is 0 Å². The molecule has 1 fully saturated rings. The van der Waals surface area contributed by atoms with Crippen LogP contribution in [0.4, 0.5) is 0 Å². The zero-order chi connectivity index (χ0) is 14.7. The molecule has 114 valence electrons. The molecular weight excluding hydrogens is 264 g/mol. The lowest BCUT2D eigenvalue weighted by Gasteiger charge is -2.20. The molecule has 0 saturated carbocycles. The minimum Gasteiger partial charge on any atom is -0.497 e. The average molecular weight is 288 g/mol. The van der Waals surface area contributed by atoms with Crippen LogP contribution in [0.25, 0.3) is 10.9 Å². The highest BCUT2D eigenvalue weighted by molar-refractivity contribution is 5.81. The number of rotatable bonds is 6. The van der Waals surface area contributed by atoms with Crippen molar-refractivity contribution in [2.45, 2.75) is 38.5 Å². The van der Waals surface area contributed by atoms with E-state index in [0.29, 0.717) is 12.1 Å². The number of aromatic nitrogens is 1. The number of nitrogens with one attached hydrogen (secondary N) is 1. The summed E-state index contributed by atoms with van der Waals surface area (Å²) in [5.74, 6) is 0.908. The quantitative estimate of drug-likeness (QED) is 0.888. The highest BCUT2D eigenvalue weighted by atomic mass is 16.5. The van der Waals surface area contributed by atoms with Gasteiger partial charge in [-0.3, -0.25) is 0 Å². The molecule has 2 unspecified atom stereocenters. The predicted molar refractivity (Wildman–Crippen MR) is 84.9 cm³/mol. The second kappa shape index (κ2) is 6.50. The van der Waals surface area contributed by atoms with Crippen molar-refractivity contribution < 1.29 is 9.47 Å². The number of hydrogen-bond acceptors (Lipinski definition) is 3. The highest BCUT2D eigenvalue weighted by Crippen LogP contribution is 2.21. The van der Waals surface area contributed by atoms with Gasteiger partial charge in [0, 0.05) is 42.8 Å². The lowest BCUT2D eigenvalue weighted by atomic mass is 10.1. The third-order valence-corrected chi connectivity index (χ3v) is 4.32. The van der Waals surface area contributed by atoms with E-state index in [9.17, 15) is 0 Å². The maximum absolute atomic E-state index is 5.72. The summed E-state index contributed by atoms with van der Waals surface area (Å²) in [6, 6.07) is 8.78. The Morgan fingerprint density at radius 1 is 1.43 bits per heavy atom. The topological polar surface area (TPSA) is 35.4 Å². The summed E-state index contributed by atoms with van der Waals surface area (Å²) in [6.45, 7) is 5.05. The third-order valence-electron chi connectivity index (χ3n) is 4.32. The Bertz CT molecular complexity index is 587. The van der Waals surface area contributed by atoms with Crippen molar-refractivity contribution in [2.24, 2.45) is 0 Å². The van der Waals surface area contributed by atoms with Crippen molar-refractivity contribution in [1.82, 2.24) is 9.88 Å². The van der Waals surface area contributed by atoms with Crippen LogP contribution in [-0.4, -0.2) is 37.0 Å². The highest BCUT2D eigenvalue weighted by Gasteiger charge is 2.21. The molecule has 0 bridgehead atoms. The predicted octanol–water partition coefficient (Wildman–Crippen LogP) is 2.81. The van der Waals surface area contributed by atoms with Gasteiger partial charge >= 0.3 is 0 Å². The van der Waals surface area contributed by atoms with Crippen molar-refractivity contribution in [3.63, 3.8) is 0 Å². The van der Waals surface area contributed by atoms with Crippen LogP contribution in [0.1, 0.15) is 19.8 Å². The molecule has 3 rings (SSSR count). The van der Waals surface area contributed by atoms with Gasteiger partial charge in [0.1, 0.15) is 5.75 Å². The van der Waals surface area contributed by atoms with E-state index in [4.69, 9.17) is 9.47 Å². The Balaban J connectivity index is 1.57. The zero-order valence-electron chi connectivity index (χ0n) is 12.8. The summed E-state index contributed by atoms with van der Waals surface area (Å²) in [6.07, 6.45) is 4.90. The number of nitrogens with zero attached hydrogens (tertiary/aromatic N) is 1. The van der Waals surface area contributed by atoms with E-state index in [2.05, 4.69) is 41.2 Å². The molecule has 1 N–H and O–H groups in total. The molecule has 2 heterocycles. The van der Waals surface area contributed by atoms with E-state index in [1.807, 2.05) is 6.07 Å². The largest absolute Gasteiger partial charge is 0.497 e. The van der Waals surface area contributed by atoms with Crippen LogP contribution in [0.15, 0.2) is 30.5 Å². The molecule has 0 radical (unpaired) electrons. The van der Waals surface area contributed by atoms with Crippen LogP contribution in [0.3, 0.4) is 0 Å². The standard InChI is InChI=1S/C17H24N2O2/c1-13(17-4-3-11-21-17)18-8-10-19-9-7-14-12-15(20-2)5-6-16(14)19/h5-7,9,12-13,17-18H,3-4,8,10-11H2,1-2H3. The summed E-state index contributed by atoms with van der Waals surface area (Å²) in [4.78, 5) is 0. The van der Waals surface area contributed by atoms with Crippen LogP contribution in [0.2, 0.25) is 0 Å². The smallest absolute Gasteiger partial charge is 0.119 e. The molecule has 1 aliphatic heterocycles. The van der Waals surface area contributed by atoms with Gasteiger partial charge in [-0.1, -0.05) is 0 Å². The molecule has 0 spiro atoms. The molecule has 1 aromatic carbocycles. The molecule has 1 aromatic heterocycles. The van der Waals surface area contributed by atoms with Crippen molar-refractivity contribution in [2.75, 3.05) is 20.3 Å². The Labute approximate surface area is 126 Å². The van der Waals surface area contributed by atoms with Gasteiger partial charge in [0.05, 0.1) is 13.2 Å². The minimum absolute atomic E-state index is 0.385. The Morgan fingerprint density at radius 2 is 2.33 bits per heavy atom. The third kappa shape index (κ3) is 3.22. The number of benzene rings is 1. The summed E-state index contributed by atoms with van der Waals surface area (Å²) in [5, 5.41) is 4.80. The molecule has 2 aromatic rings. The number of fused-ring (bicyclic) bond motifs is 1. The zero-order valence-corrected chi connectivity index (χ0v) is 12.8. The molecular formula is C17H24N2O2. The summed E-state index contributed by atoms with van der Waals surface area (Å²) < 4.78 is 13.3. The van der Waals surface area contributed by atoms with E-state index in [1.165, 1.54) is 23.7 Å². The molecule has 4 heteroatoms. The number of hydrogen-bond donors (Lipinski definition) is 1. The molecule has 4 nitrogen and oxygen atoms in total. The fourth-order valence-corrected chi connectivity index (χ4v) is 3.04. The van der Waals surface area contributed by atoms with Crippen molar-refractivity contribution >= 4 is 10.9 Å². The molecule has 2 atom stereocenters. The van der Waals surface area contributed by atoms with E-state index in [0.717, 1.165) is 25.4 Å². The molecule has 0 aliphatic carbocycles. The maximum Gasteiger partial charge on any atom is 0.119 e. The SMILES string of the molecule is COc1ccc2c(ccn2CCNC(C)C2CCCO2)c1. The van der Waals surface area contributed by atoms with Crippen LogP contribution in [0.5, 0.6) is 5.75 Å². The second-order valence-corrected chi connectivity index (χ2v) is 5.73. The fourth-order valence-electron chi connectivity index (χ4n) is 3.04. The Kier molecular flexibility index (Phi) is 4.46. The number of ether oxygens (including phenoxy) is 2. The van der Waals surface area contributed by atoms with Gasteiger partial charge in [0.2, 0.25) is 0 Å². The van der Waals surface area contributed by atoms with E-state index in [1.54, 1.807) is 7.11 Å². The summed E-state index contributed by atoms with van der Waals surface area (Å²) in [5.41, 5.74) is 1.25. The van der Waals surface area contributed by atoms with E-state index < -0.39 is 0 Å². The first-order valence-corrected chi connectivity index (χ1v) is 7.76. The van der Waals surface area contributed by atoms with Crippen molar-refractivity contribution in [3.8, 4) is 5.75 Å². The van der Waals surface area contributed by atoms with Gasteiger partial charge in [-0.25, -0.2) is 0 Å². The monoisotopic (exact) mass is 288 g/mol. The molecule has 1 aliphatic rings. The van der Waals surface area contributed by atoms with Crippen LogP contribution in [0, 0.1) is 0 Å². The fraction of sp³-hybridized carbons (Fsp3) is 0.529. The maximum atomic E-state index is 5.72. The first-order chi connectivity index (χ1) is 10.3. The summed E-state index contributed by atoms with van der Waals surface area (Å²) in [7, 11) is 1.70. The van der Waals surface area contributed by atoms with Crippen molar-refractivity contribution in [1.29, 1.82) is 0 Å². The first kappa shape index (κ1) is 14.4. The van der Waals surface area contributed by atoms with Crippen LogP contribution < -0.4 is 10.1 Å². The molecule has 0 amide bonds. The number of methoxy groups -OCH3 is 1. The summed E-state index contributed by atoms with van der Waals surface area (Å²) >= 11 is 0. The molecule has 1 saturated heterocycles. The van der Waals surface area contributed by atoms with Gasteiger partial charge < -0.3 is 19.4 Å². The van der Waals surface area contributed by atoms with Gasteiger partial charge in [-0.05, 0) is 44.0 Å². The lowest BCUT2D eigenvalue weighted by Crippen LogP contribution is -2.38. The minimum atomic E-state index is 0.385. The first-order valence-electron chi connectivity index (χ1n) is 7.76. The lowest BCUT2D eigenvalue weighted by molar-refractivity contribution is 0.0835. The normalized spacial score (nSPS) is 20.0. The van der Waals surface area contributed by atoms with Crippen LogP contribution in [-0.2, 0) is 11.3 Å². The second-order valence-electron chi connectivity index (χ2n) is 5.73.